The molecule has 3 aromatic carbocycles. The van der Waals surface area contributed by atoms with Crippen LogP contribution in [0, 0.1) is 11.8 Å². The quantitative estimate of drug-likeness (QED) is 0.380. The van der Waals surface area contributed by atoms with Crippen molar-refractivity contribution < 1.29 is 9.53 Å². The summed E-state index contributed by atoms with van der Waals surface area (Å²) in [5.41, 5.74) is 2.82. The third kappa shape index (κ3) is 5.57. The first kappa shape index (κ1) is 18.9. The van der Waals surface area contributed by atoms with Gasteiger partial charge in [-0.2, -0.15) is 0 Å². The molecule has 3 heteroatoms. The number of esters is 1. The third-order valence-corrected chi connectivity index (χ3v) is 4.70. The fourth-order valence-corrected chi connectivity index (χ4v) is 3.04. The molecule has 0 spiro atoms. The SMILES string of the molecule is O=C(CCC#Cc1ccccc1Br)OC(c1ccccc1)c1ccccc1. The van der Waals surface area contributed by atoms with Crippen molar-refractivity contribution in [1.29, 1.82) is 0 Å². The van der Waals surface area contributed by atoms with Gasteiger partial charge in [-0.1, -0.05) is 84.6 Å². The van der Waals surface area contributed by atoms with E-state index >= 15 is 0 Å². The molecule has 0 N–H and O–H groups in total. The summed E-state index contributed by atoms with van der Waals surface area (Å²) in [4.78, 5) is 12.4. The standard InChI is InChI=1S/C24H19BrO2/c25-22-17-9-7-11-19(22)12-8-10-18-23(26)27-24(20-13-3-1-4-14-20)21-15-5-2-6-16-21/h1-7,9,11,13-17,24H,10,18H2. The Kier molecular flexibility index (Phi) is 6.84. The highest BCUT2D eigenvalue weighted by atomic mass is 79.9. The number of hydrogen-bond donors (Lipinski definition) is 0. The van der Waals surface area contributed by atoms with E-state index in [0.29, 0.717) is 6.42 Å². The topological polar surface area (TPSA) is 26.3 Å². The average molecular weight is 419 g/mol. The van der Waals surface area contributed by atoms with Crippen LogP contribution in [0.25, 0.3) is 0 Å². The van der Waals surface area contributed by atoms with Gasteiger partial charge in [-0.3, -0.25) is 4.79 Å². The lowest BCUT2D eigenvalue weighted by molar-refractivity contribution is -0.147. The molecular weight excluding hydrogens is 400 g/mol. The highest BCUT2D eigenvalue weighted by Gasteiger charge is 2.18. The fourth-order valence-electron chi connectivity index (χ4n) is 2.66. The van der Waals surface area contributed by atoms with Gasteiger partial charge in [0.15, 0.2) is 6.10 Å². The van der Waals surface area contributed by atoms with Crippen LogP contribution in [-0.2, 0) is 9.53 Å². The van der Waals surface area contributed by atoms with Gasteiger partial charge in [0.05, 0.1) is 6.42 Å². The Bertz CT molecular complexity index is 901. The van der Waals surface area contributed by atoms with Gasteiger partial charge in [0, 0.05) is 16.5 Å². The molecule has 27 heavy (non-hydrogen) atoms. The van der Waals surface area contributed by atoms with E-state index in [1.165, 1.54) is 0 Å². The minimum Gasteiger partial charge on any atom is -0.453 e. The van der Waals surface area contributed by atoms with E-state index in [2.05, 4.69) is 27.8 Å². The Hall–Kier alpha value is -2.83. The largest absolute Gasteiger partial charge is 0.453 e. The summed E-state index contributed by atoms with van der Waals surface area (Å²) in [6, 6.07) is 27.3. The van der Waals surface area contributed by atoms with E-state index in [9.17, 15) is 4.79 Å². The van der Waals surface area contributed by atoms with Crippen molar-refractivity contribution in [3.8, 4) is 11.8 Å². The molecule has 0 aliphatic carbocycles. The zero-order valence-electron chi connectivity index (χ0n) is 14.8. The van der Waals surface area contributed by atoms with Gasteiger partial charge in [0.25, 0.3) is 0 Å². The van der Waals surface area contributed by atoms with Gasteiger partial charge in [0.2, 0.25) is 0 Å². The Morgan fingerprint density at radius 3 is 2.00 bits per heavy atom. The molecule has 134 valence electrons. The predicted molar refractivity (Wildman–Crippen MR) is 111 cm³/mol. The number of carbonyl (C=O) groups is 1. The molecule has 0 saturated heterocycles. The first-order valence-electron chi connectivity index (χ1n) is 8.77. The normalized spacial score (nSPS) is 10.1. The maximum atomic E-state index is 12.4. The second kappa shape index (κ2) is 9.75. The molecule has 3 aromatic rings. The summed E-state index contributed by atoms with van der Waals surface area (Å²) >= 11 is 3.47. The smallest absolute Gasteiger partial charge is 0.307 e. The molecule has 0 fully saturated rings. The van der Waals surface area contributed by atoms with Crippen molar-refractivity contribution in [2.24, 2.45) is 0 Å². The van der Waals surface area contributed by atoms with Crippen molar-refractivity contribution in [3.05, 3.63) is 106 Å². The van der Waals surface area contributed by atoms with Crippen molar-refractivity contribution in [2.45, 2.75) is 18.9 Å². The average Bonchev–Trinajstić information content (AvgIpc) is 2.72. The second-order valence-corrected chi connectivity index (χ2v) is 6.83. The Morgan fingerprint density at radius 2 is 1.41 bits per heavy atom. The van der Waals surface area contributed by atoms with E-state index in [0.717, 1.165) is 21.2 Å². The lowest BCUT2D eigenvalue weighted by atomic mass is 10.0. The van der Waals surface area contributed by atoms with Crippen molar-refractivity contribution in [3.63, 3.8) is 0 Å². The van der Waals surface area contributed by atoms with E-state index < -0.39 is 6.10 Å². The first-order valence-corrected chi connectivity index (χ1v) is 9.56. The molecule has 0 heterocycles. The highest BCUT2D eigenvalue weighted by Crippen LogP contribution is 2.26. The van der Waals surface area contributed by atoms with E-state index in [4.69, 9.17) is 4.74 Å². The van der Waals surface area contributed by atoms with Crippen LogP contribution in [0.2, 0.25) is 0 Å². The van der Waals surface area contributed by atoms with Gasteiger partial charge in [-0.15, -0.1) is 0 Å². The van der Waals surface area contributed by atoms with Gasteiger partial charge >= 0.3 is 5.97 Å². The van der Waals surface area contributed by atoms with Gasteiger partial charge in [-0.25, -0.2) is 0 Å². The first-order chi connectivity index (χ1) is 13.2. The fraction of sp³-hybridized carbons (Fsp3) is 0.125. The van der Waals surface area contributed by atoms with Crippen LogP contribution in [-0.4, -0.2) is 5.97 Å². The van der Waals surface area contributed by atoms with Crippen molar-refractivity contribution in [1.82, 2.24) is 0 Å². The molecule has 0 radical (unpaired) electrons. The van der Waals surface area contributed by atoms with Crippen LogP contribution >= 0.6 is 15.9 Å². The molecule has 2 nitrogen and oxygen atoms in total. The number of rotatable bonds is 5. The lowest BCUT2D eigenvalue weighted by Crippen LogP contribution is -2.12. The van der Waals surface area contributed by atoms with Crippen LogP contribution in [0.15, 0.2) is 89.4 Å². The van der Waals surface area contributed by atoms with Crippen LogP contribution in [0.4, 0.5) is 0 Å². The van der Waals surface area contributed by atoms with Gasteiger partial charge in [0.1, 0.15) is 0 Å². The number of halogens is 1. The zero-order chi connectivity index (χ0) is 18.9. The molecule has 0 aliphatic rings. The molecule has 0 aromatic heterocycles. The summed E-state index contributed by atoms with van der Waals surface area (Å²) in [7, 11) is 0. The van der Waals surface area contributed by atoms with Crippen LogP contribution in [0.5, 0.6) is 0 Å². The van der Waals surface area contributed by atoms with Crippen LogP contribution < -0.4 is 0 Å². The number of ether oxygens (including phenoxy) is 1. The minimum absolute atomic E-state index is 0.255. The summed E-state index contributed by atoms with van der Waals surface area (Å²) in [6.45, 7) is 0. The molecular formula is C24H19BrO2. The second-order valence-electron chi connectivity index (χ2n) is 5.97. The molecule has 0 saturated carbocycles. The van der Waals surface area contributed by atoms with Gasteiger partial charge < -0.3 is 4.74 Å². The summed E-state index contributed by atoms with van der Waals surface area (Å²) < 4.78 is 6.73. The van der Waals surface area contributed by atoms with Crippen molar-refractivity contribution in [2.75, 3.05) is 0 Å². The third-order valence-electron chi connectivity index (χ3n) is 4.00. The molecule has 0 amide bonds. The number of carbonyl (C=O) groups excluding carboxylic acids is 1. The Morgan fingerprint density at radius 1 is 0.852 bits per heavy atom. The molecule has 0 atom stereocenters. The monoisotopic (exact) mass is 418 g/mol. The lowest BCUT2D eigenvalue weighted by Gasteiger charge is -2.18. The summed E-state index contributed by atoms with van der Waals surface area (Å²) in [5, 5.41) is 0. The number of hydrogen-bond acceptors (Lipinski definition) is 2. The predicted octanol–water partition coefficient (Wildman–Crippen LogP) is 5.91. The highest BCUT2D eigenvalue weighted by molar-refractivity contribution is 9.10. The molecule has 0 bridgehead atoms. The van der Waals surface area contributed by atoms with Gasteiger partial charge in [-0.05, 0) is 39.2 Å². The van der Waals surface area contributed by atoms with Crippen LogP contribution in [0.3, 0.4) is 0 Å². The molecule has 3 rings (SSSR count). The van der Waals surface area contributed by atoms with E-state index in [-0.39, 0.29) is 12.4 Å². The van der Waals surface area contributed by atoms with Crippen LogP contribution in [0.1, 0.15) is 35.6 Å². The maximum absolute atomic E-state index is 12.4. The Labute approximate surface area is 168 Å². The van der Waals surface area contributed by atoms with E-state index in [1.807, 2.05) is 84.9 Å². The molecule has 0 unspecified atom stereocenters. The van der Waals surface area contributed by atoms with Crippen molar-refractivity contribution >= 4 is 21.9 Å². The van der Waals surface area contributed by atoms with E-state index in [1.54, 1.807) is 0 Å². The maximum Gasteiger partial charge on any atom is 0.307 e. The summed E-state index contributed by atoms with van der Waals surface area (Å²) in [6.07, 6.45) is 0.306. The molecule has 0 aliphatic heterocycles. The summed E-state index contributed by atoms with van der Waals surface area (Å²) in [5.74, 6) is 5.87. The minimum atomic E-state index is -0.406. The zero-order valence-corrected chi connectivity index (χ0v) is 16.4. The number of benzene rings is 3. The Balaban J connectivity index is 1.65.